The first-order valence-electron chi connectivity index (χ1n) is 7.17. The Morgan fingerprint density at radius 3 is 2.58 bits per heavy atom. The van der Waals surface area contributed by atoms with Crippen LogP contribution in [0.15, 0.2) is 47.1 Å². The monoisotopic (exact) mass is 254 g/mol. The molecule has 1 nitrogen and oxygen atoms in total. The zero-order valence-corrected chi connectivity index (χ0v) is 12.0. The van der Waals surface area contributed by atoms with Gasteiger partial charge in [-0.2, -0.15) is 0 Å². The fourth-order valence-electron chi connectivity index (χ4n) is 3.12. The Morgan fingerprint density at radius 2 is 1.95 bits per heavy atom. The lowest BCUT2D eigenvalue weighted by atomic mass is 9.93. The summed E-state index contributed by atoms with van der Waals surface area (Å²) in [5, 5.41) is 0. The molecule has 2 unspecified atom stereocenters. The third kappa shape index (κ3) is 2.60. The second kappa shape index (κ2) is 4.56. The summed E-state index contributed by atoms with van der Waals surface area (Å²) in [4.78, 5) is 0. The van der Waals surface area contributed by atoms with E-state index in [-0.39, 0.29) is 0 Å². The number of hydrogen-bond donors (Lipinski definition) is 0. The highest BCUT2D eigenvalue weighted by Gasteiger charge is 2.48. The Morgan fingerprint density at radius 1 is 1.26 bits per heavy atom. The second-order valence-electron chi connectivity index (χ2n) is 6.60. The standard InChI is InChI=1S/C18H22O/c1-13(17-11-18(17,2)3)15-10-16(19-12-15)9-14-7-5-4-6-8-14/h4-8,10,12-13,17H,9,11H2,1-3H3. The molecule has 0 bridgehead atoms. The van der Waals surface area contributed by atoms with Gasteiger partial charge in [0.15, 0.2) is 0 Å². The second-order valence-corrected chi connectivity index (χ2v) is 6.60. The predicted octanol–water partition coefficient (Wildman–Crippen LogP) is 5.02. The van der Waals surface area contributed by atoms with Gasteiger partial charge in [-0.05, 0) is 40.9 Å². The van der Waals surface area contributed by atoms with Gasteiger partial charge in [0.1, 0.15) is 5.76 Å². The highest BCUT2D eigenvalue weighted by Crippen LogP contribution is 2.58. The normalized spacial score (nSPS) is 22.2. The summed E-state index contributed by atoms with van der Waals surface area (Å²) in [6.45, 7) is 7.05. The average Bonchev–Trinajstić information content (AvgIpc) is 2.83. The van der Waals surface area contributed by atoms with Gasteiger partial charge in [0.05, 0.1) is 6.26 Å². The van der Waals surface area contributed by atoms with Gasteiger partial charge in [-0.3, -0.25) is 0 Å². The van der Waals surface area contributed by atoms with Crippen molar-refractivity contribution >= 4 is 0 Å². The van der Waals surface area contributed by atoms with Crippen molar-refractivity contribution in [3.05, 3.63) is 59.5 Å². The summed E-state index contributed by atoms with van der Waals surface area (Å²) in [6.07, 6.45) is 4.19. The molecule has 3 rings (SSSR count). The summed E-state index contributed by atoms with van der Waals surface area (Å²) >= 11 is 0. The van der Waals surface area contributed by atoms with E-state index in [4.69, 9.17) is 4.42 Å². The van der Waals surface area contributed by atoms with Crippen molar-refractivity contribution in [1.29, 1.82) is 0 Å². The summed E-state index contributed by atoms with van der Waals surface area (Å²) in [5.74, 6) is 2.50. The van der Waals surface area contributed by atoms with Crippen LogP contribution in [0.25, 0.3) is 0 Å². The topological polar surface area (TPSA) is 13.1 Å². The Balaban J connectivity index is 1.70. The van der Waals surface area contributed by atoms with Gasteiger partial charge < -0.3 is 4.42 Å². The third-order valence-electron chi connectivity index (χ3n) is 4.61. The molecule has 0 amide bonds. The molecule has 1 aromatic heterocycles. The van der Waals surface area contributed by atoms with Gasteiger partial charge in [0.2, 0.25) is 0 Å². The van der Waals surface area contributed by atoms with Crippen molar-refractivity contribution in [1.82, 2.24) is 0 Å². The first kappa shape index (κ1) is 12.5. The SMILES string of the molecule is CC(c1coc(Cc2ccccc2)c1)C1CC1(C)C. The van der Waals surface area contributed by atoms with Gasteiger partial charge in [0, 0.05) is 6.42 Å². The lowest BCUT2D eigenvalue weighted by Gasteiger charge is -2.10. The van der Waals surface area contributed by atoms with Crippen LogP contribution in [0.1, 0.15) is 50.0 Å². The quantitative estimate of drug-likeness (QED) is 0.746. The summed E-state index contributed by atoms with van der Waals surface area (Å²) in [6, 6.07) is 12.7. The fraction of sp³-hybridized carbons (Fsp3) is 0.444. The van der Waals surface area contributed by atoms with Crippen LogP contribution in [0.5, 0.6) is 0 Å². The maximum atomic E-state index is 5.74. The van der Waals surface area contributed by atoms with E-state index in [0.29, 0.717) is 11.3 Å². The first-order chi connectivity index (χ1) is 9.06. The van der Waals surface area contributed by atoms with Crippen LogP contribution in [0.3, 0.4) is 0 Å². The molecular formula is C18H22O. The molecule has 1 aromatic carbocycles. The van der Waals surface area contributed by atoms with E-state index in [9.17, 15) is 0 Å². The molecule has 0 saturated heterocycles. The maximum absolute atomic E-state index is 5.74. The van der Waals surface area contributed by atoms with E-state index in [2.05, 4.69) is 51.1 Å². The van der Waals surface area contributed by atoms with Crippen LogP contribution < -0.4 is 0 Å². The fourth-order valence-corrected chi connectivity index (χ4v) is 3.12. The highest BCUT2D eigenvalue weighted by atomic mass is 16.3. The Labute approximate surface area is 115 Å². The molecule has 19 heavy (non-hydrogen) atoms. The minimum Gasteiger partial charge on any atom is -0.469 e. The molecule has 0 spiro atoms. The molecule has 1 heteroatoms. The molecule has 0 aliphatic heterocycles. The highest BCUT2D eigenvalue weighted by molar-refractivity contribution is 5.26. The van der Waals surface area contributed by atoms with Gasteiger partial charge >= 0.3 is 0 Å². The first-order valence-corrected chi connectivity index (χ1v) is 7.17. The van der Waals surface area contributed by atoms with Crippen LogP contribution in [0.2, 0.25) is 0 Å². The summed E-state index contributed by atoms with van der Waals surface area (Å²) in [7, 11) is 0. The zero-order valence-electron chi connectivity index (χ0n) is 12.0. The molecule has 2 atom stereocenters. The summed E-state index contributed by atoms with van der Waals surface area (Å²) in [5.41, 5.74) is 3.19. The molecular weight excluding hydrogens is 232 g/mol. The molecule has 1 heterocycles. The molecule has 1 saturated carbocycles. The van der Waals surface area contributed by atoms with Gasteiger partial charge in [-0.1, -0.05) is 51.1 Å². The van der Waals surface area contributed by atoms with Crippen LogP contribution in [0.4, 0.5) is 0 Å². The summed E-state index contributed by atoms with van der Waals surface area (Å²) < 4.78 is 5.74. The predicted molar refractivity (Wildman–Crippen MR) is 78.3 cm³/mol. The Hall–Kier alpha value is -1.50. The number of furan rings is 1. The van der Waals surface area contributed by atoms with E-state index in [1.807, 2.05) is 12.3 Å². The Kier molecular flexibility index (Phi) is 3.00. The van der Waals surface area contributed by atoms with E-state index in [0.717, 1.165) is 18.1 Å². The zero-order chi connectivity index (χ0) is 13.5. The van der Waals surface area contributed by atoms with Crippen molar-refractivity contribution in [2.75, 3.05) is 0 Å². The smallest absolute Gasteiger partial charge is 0.108 e. The Bertz CT molecular complexity index is 550. The van der Waals surface area contributed by atoms with Crippen molar-refractivity contribution in [3.8, 4) is 0 Å². The minimum atomic E-state index is 0.524. The molecule has 1 fully saturated rings. The number of hydrogen-bond acceptors (Lipinski definition) is 1. The van der Waals surface area contributed by atoms with Crippen molar-refractivity contribution < 1.29 is 4.42 Å². The van der Waals surface area contributed by atoms with Gasteiger partial charge in [-0.25, -0.2) is 0 Å². The largest absolute Gasteiger partial charge is 0.469 e. The molecule has 2 aromatic rings. The van der Waals surface area contributed by atoms with Crippen LogP contribution >= 0.6 is 0 Å². The van der Waals surface area contributed by atoms with E-state index >= 15 is 0 Å². The van der Waals surface area contributed by atoms with E-state index in [1.165, 1.54) is 17.5 Å². The number of rotatable bonds is 4. The maximum Gasteiger partial charge on any atom is 0.108 e. The third-order valence-corrected chi connectivity index (χ3v) is 4.61. The van der Waals surface area contributed by atoms with E-state index in [1.54, 1.807) is 0 Å². The lowest BCUT2D eigenvalue weighted by Crippen LogP contribution is -2.00. The lowest BCUT2D eigenvalue weighted by molar-refractivity contribution is 0.490. The molecule has 0 radical (unpaired) electrons. The van der Waals surface area contributed by atoms with Crippen LogP contribution in [-0.4, -0.2) is 0 Å². The average molecular weight is 254 g/mol. The molecule has 1 aliphatic carbocycles. The van der Waals surface area contributed by atoms with Crippen molar-refractivity contribution in [2.24, 2.45) is 11.3 Å². The van der Waals surface area contributed by atoms with Gasteiger partial charge in [0.25, 0.3) is 0 Å². The number of benzene rings is 1. The molecule has 0 N–H and O–H groups in total. The minimum absolute atomic E-state index is 0.524. The van der Waals surface area contributed by atoms with Crippen LogP contribution in [-0.2, 0) is 6.42 Å². The van der Waals surface area contributed by atoms with Crippen molar-refractivity contribution in [3.63, 3.8) is 0 Å². The molecule has 1 aliphatic rings. The molecule has 100 valence electrons. The van der Waals surface area contributed by atoms with E-state index < -0.39 is 0 Å². The van der Waals surface area contributed by atoms with Gasteiger partial charge in [-0.15, -0.1) is 0 Å². The van der Waals surface area contributed by atoms with Crippen LogP contribution in [0, 0.1) is 11.3 Å². The van der Waals surface area contributed by atoms with Crippen molar-refractivity contribution in [2.45, 2.75) is 39.5 Å².